The summed E-state index contributed by atoms with van der Waals surface area (Å²) in [5.41, 5.74) is 4.10. The summed E-state index contributed by atoms with van der Waals surface area (Å²) in [6.07, 6.45) is 1.20. The van der Waals surface area contributed by atoms with Crippen LogP contribution in [0.25, 0.3) is 11.4 Å². The van der Waals surface area contributed by atoms with Crippen molar-refractivity contribution in [2.45, 2.75) is 43.9 Å². The van der Waals surface area contributed by atoms with Crippen LogP contribution in [0.1, 0.15) is 31.1 Å². The van der Waals surface area contributed by atoms with E-state index in [0.717, 1.165) is 28.7 Å². The van der Waals surface area contributed by atoms with Gasteiger partial charge in [-0.15, -0.1) is 20.4 Å². The van der Waals surface area contributed by atoms with E-state index >= 15 is 0 Å². The Labute approximate surface area is 289 Å². The molecule has 0 aliphatic heterocycles. The second-order valence-corrected chi connectivity index (χ2v) is 12.5. The maximum Gasteiger partial charge on any atom is 0.316 e. The molecular formula is C35H39N7O4S2. The third-order valence-corrected chi connectivity index (χ3v) is 9.09. The Morgan fingerprint density at radius 3 is 1.50 bits per heavy atom. The first-order valence-electron chi connectivity index (χ1n) is 15.8. The van der Waals surface area contributed by atoms with Crippen molar-refractivity contribution in [1.82, 2.24) is 29.5 Å². The molecule has 0 amide bonds. The zero-order valence-electron chi connectivity index (χ0n) is 27.3. The van der Waals surface area contributed by atoms with Crippen LogP contribution in [0.15, 0.2) is 95.2 Å². The molecule has 0 saturated heterocycles. The third-order valence-electron chi connectivity index (χ3n) is 7.29. The first-order valence-corrected chi connectivity index (χ1v) is 17.8. The minimum absolute atomic E-state index is 0.149. The van der Waals surface area contributed by atoms with Crippen LogP contribution in [0.4, 0.5) is 5.69 Å². The van der Waals surface area contributed by atoms with Crippen LogP contribution in [0.2, 0.25) is 0 Å². The number of anilines is 1. The van der Waals surface area contributed by atoms with E-state index in [9.17, 15) is 9.59 Å². The fraction of sp³-hybridized carbons (Fsp3) is 0.314. The predicted octanol–water partition coefficient (Wildman–Crippen LogP) is 5.76. The highest BCUT2D eigenvalue weighted by Gasteiger charge is 2.20. The molecule has 0 fully saturated rings. The normalized spacial score (nSPS) is 11.0. The van der Waals surface area contributed by atoms with Gasteiger partial charge in [-0.3, -0.25) is 18.7 Å². The van der Waals surface area contributed by atoms with Crippen molar-refractivity contribution >= 4 is 41.1 Å². The van der Waals surface area contributed by atoms with E-state index in [2.05, 4.69) is 56.5 Å². The van der Waals surface area contributed by atoms with E-state index in [1.165, 1.54) is 29.1 Å². The van der Waals surface area contributed by atoms with E-state index in [1.54, 1.807) is 13.8 Å². The molecule has 0 unspecified atom stereocenters. The highest BCUT2D eigenvalue weighted by Crippen LogP contribution is 2.25. The highest BCUT2D eigenvalue weighted by atomic mass is 32.2. The maximum absolute atomic E-state index is 12.1. The van der Waals surface area contributed by atoms with Crippen LogP contribution in [-0.2, 0) is 31.9 Å². The minimum atomic E-state index is -0.289. The molecule has 2 aromatic heterocycles. The van der Waals surface area contributed by atoms with Gasteiger partial charge in [0.1, 0.15) is 11.6 Å². The van der Waals surface area contributed by atoms with Crippen LogP contribution in [0, 0.1) is 6.92 Å². The van der Waals surface area contributed by atoms with Crippen molar-refractivity contribution < 1.29 is 19.1 Å². The van der Waals surface area contributed by atoms with Crippen LogP contribution >= 0.6 is 23.5 Å². The molecule has 0 N–H and O–H groups in total. The largest absolute Gasteiger partial charge is 0.465 e. The van der Waals surface area contributed by atoms with Gasteiger partial charge in [-0.05, 0) is 57.2 Å². The second-order valence-electron chi connectivity index (χ2n) is 10.6. The fourth-order valence-electron chi connectivity index (χ4n) is 5.03. The van der Waals surface area contributed by atoms with Gasteiger partial charge in [-0.25, -0.2) is 0 Å². The van der Waals surface area contributed by atoms with Crippen molar-refractivity contribution in [2.75, 3.05) is 42.7 Å². The molecule has 0 aliphatic rings. The number of hydrogen-bond acceptors (Lipinski definition) is 11. The van der Waals surface area contributed by atoms with Gasteiger partial charge in [0.05, 0.1) is 24.7 Å². The summed E-state index contributed by atoms with van der Waals surface area (Å²) in [4.78, 5) is 26.6. The van der Waals surface area contributed by atoms with Gasteiger partial charge in [0.25, 0.3) is 0 Å². The number of esters is 2. The Hall–Kier alpha value is -4.62. The van der Waals surface area contributed by atoms with Gasteiger partial charge in [0.15, 0.2) is 10.3 Å². The van der Waals surface area contributed by atoms with Crippen LogP contribution < -0.4 is 4.90 Å². The molecule has 2 heterocycles. The van der Waals surface area contributed by atoms with Gasteiger partial charge in [-0.1, -0.05) is 77.6 Å². The molecule has 5 rings (SSSR count). The maximum atomic E-state index is 12.1. The third kappa shape index (κ3) is 9.26. The quantitative estimate of drug-likeness (QED) is 0.0879. The summed E-state index contributed by atoms with van der Waals surface area (Å²) < 4.78 is 14.3. The Kier molecular flexibility index (Phi) is 12.7. The molecule has 5 aromatic rings. The Morgan fingerprint density at radius 1 is 0.646 bits per heavy atom. The lowest BCUT2D eigenvalue weighted by atomic mass is 10.2. The molecule has 0 radical (unpaired) electrons. The summed E-state index contributed by atoms with van der Waals surface area (Å²) in [5.74, 6) is 1.29. The molecule has 13 heteroatoms. The SMILES string of the molecule is CCOC(=O)CSc1nnc(CCN(CCc2nnc(SCC(=O)OCC)n2-c2ccccc2)c2ccc(C)cc2)n1-c1ccccc1. The average molecular weight is 686 g/mol. The number of thioether (sulfide) groups is 2. The van der Waals surface area contributed by atoms with Crippen molar-refractivity contribution in [2.24, 2.45) is 0 Å². The number of hydrogen-bond donors (Lipinski definition) is 0. The number of carbonyl (C=O) groups excluding carboxylic acids is 2. The summed E-state index contributed by atoms with van der Waals surface area (Å²) >= 11 is 2.63. The summed E-state index contributed by atoms with van der Waals surface area (Å²) in [6, 6.07) is 28.3. The summed E-state index contributed by atoms with van der Waals surface area (Å²) in [5, 5.41) is 19.3. The number of aryl methyl sites for hydroxylation is 1. The number of rotatable bonds is 17. The van der Waals surface area contributed by atoms with E-state index in [0.29, 0.717) is 49.5 Å². The molecule has 0 saturated carbocycles. The number of para-hydroxylation sites is 2. The first-order chi connectivity index (χ1) is 23.5. The highest BCUT2D eigenvalue weighted by molar-refractivity contribution is 8.00. The second kappa shape index (κ2) is 17.5. The Bertz CT molecular complexity index is 1660. The average Bonchev–Trinajstić information content (AvgIpc) is 3.71. The zero-order valence-corrected chi connectivity index (χ0v) is 29.0. The molecule has 0 spiro atoms. The van der Waals surface area contributed by atoms with Crippen molar-refractivity contribution in [1.29, 1.82) is 0 Å². The molecule has 0 atom stereocenters. The van der Waals surface area contributed by atoms with Gasteiger partial charge in [0.2, 0.25) is 0 Å². The molecule has 250 valence electrons. The molecular weight excluding hydrogens is 647 g/mol. The molecule has 48 heavy (non-hydrogen) atoms. The van der Waals surface area contributed by atoms with Crippen molar-refractivity contribution in [3.8, 4) is 11.4 Å². The summed E-state index contributed by atoms with van der Waals surface area (Å²) in [7, 11) is 0. The van der Waals surface area contributed by atoms with Crippen LogP contribution in [0.5, 0.6) is 0 Å². The van der Waals surface area contributed by atoms with E-state index < -0.39 is 0 Å². The van der Waals surface area contributed by atoms with E-state index in [1.807, 2.05) is 69.8 Å². The van der Waals surface area contributed by atoms with Crippen molar-refractivity contribution in [3.63, 3.8) is 0 Å². The van der Waals surface area contributed by atoms with E-state index in [4.69, 9.17) is 9.47 Å². The summed E-state index contributed by atoms with van der Waals surface area (Å²) in [6.45, 7) is 7.64. The number of aromatic nitrogens is 6. The number of carbonyl (C=O) groups is 2. The standard InChI is InChI=1S/C35H39N7O4S2/c1-4-45-32(43)24-47-34-38-36-30(41(34)28-12-8-6-9-13-28)20-22-40(27-18-16-26(3)17-19-27)23-21-31-37-39-35(48-25-33(44)46-5-2)42(31)29-14-10-7-11-15-29/h6-19H,4-5,20-25H2,1-3H3. The van der Waals surface area contributed by atoms with Crippen LogP contribution in [0.3, 0.4) is 0 Å². The first kappa shape index (κ1) is 34.7. The van der Waals surface area contributed by atoms with Gasteiger partial charge in [0, 0.05) is 43.0 Å². The van der Waals surface area contributed by atoms with Gasteiger partial charge < -0.3 is 14.4 Å². The Balaban J connectivity index is 1.39. The lowest BCUT2D eigenvalue weighted by Crippen LogP contribution is -2.29. The lowest BCUT2D eigenvalue weighted by molar-refractivity contribution is -0.140. The van der Waals surface area contributed by atoms with Crippen LogP contribution in [-0.4, -0.2) is 79.3 Å². The predicted molar refractivity (Wildman–Crippen MR) is 188 cm³/mol. The van der Waals surface area contributed by atoms with E-state index in [-0.39, 0.29) is 23.4 Å². The topological polar surface area (TPSA) is 117 Å². The smallest absolute Gasteiger partial charge is 0.316 e. The fourth-order valence-corrected chi connectivity index (χ4v) is 6.57. The molecule has 3 aromatic carbocycles. The van der Waals surface area contributed by atoms with Gasteiger partial charge >= 0.3 is 11.9 Å². The molecule has 0 bridgehead atoms. The number of nitrogens with zero attached hydrogens (tertiary/aromatic N) is 7. The monoisotopic (exact) mass is 685 g/mol. The zero-order chi connectivity index (χ0) is 33.7. The lowest BCUT2D eigenvalue weighted by Gasteiger charge is -2.25. The Morgan fingerprint density at radius 2 is 1.08 bits per heavy atom. The molecule has 0 aliphatic carbocycles. The van der Waals surface area contributed by atoms with Gasteiger partial charge in [-0.2, -0.15) is 0 Å². The minimum Gasteiger partial charge on any atom is -0.465 e. The van der Waals surface area contributed by atoms with Crippen molar-refractivity contribution in [3.05, 3.63) is 102 Å². The number of benzene rings is 3. The molecule has 11 nitrogen and oxygen atoms in total. The number of ether oxygens (including phenoxy) is 2.